The molecule has 0 spiro atoms. The predicted molar refractivity (Wildman–Crippen MR) is 104 cm³/mol. The Hall–Kier alpha value is 0.640. The molecule has 2 aliphatic heterocycles. The Morgan fingerprint density at radius 3 is 1.85 bits per heavy atom. The fourth-order valence-corrected chi connectivity index (χ4v) is 13.6. The third-order valence-corrected chi connectivity index (χ3v) is 12.8. The summed E-state index contributed by atoms with van der Waals surface area (Å²) in [4.78, 5) is 0. The van der Waals surface area contributed by atoms with Gasteiger partial charge in [-0.3, -0.25) is 0 Å². The van der Waals surface area contributed by atoms with Crippen LogP contribution in [0.15, 0.2) is 42.0 Å². The molecule has 0 nitrogen and oxygen atoms in total. The molecule has 2 aliphatic carbocycles. The second kappa shape index (κ2) is 6.86. The summed E-state index contributed by atoms with van der Waals surface area (Å²) in [5.74, 6) is 0. The van der Waals surface area contributed by atoms with Gasteiger partial charge in [0, 0.05) is 0 Å². The molecule has 0 saturated heterocycles. The fraction of sp³-hybridized carbons (Fsp3) is 0.636. The largest absolute Gasteiger partial charge is 1.00 e. The van der Waals surface area contributed by atoms with Gasteiger partial charge >= 0.3 is 166 Å². The molecule has 2 bridgehead atoms. The van der Waals surface area contributed by atoms with Crippen LogP contribution in [0.3, 0.4) is 0 Å². The van der Waals surface area contributed by atoms with Gasteiger partial charge < -0.3 is 24.8 Å². The monoisotopic (exact) mass is 485 g/mol. The van der Waals surface area contributed by atoms with Crippen molar-refractivity contribution in [3.63, 3.8) is 0 Å². The normalized spacial score (nSPS) is 27.3. The van der Waals surface area contributed by atoms with Crippen molar-refractivity contribution in [1.82, 2.24) is 0 Å². The SMILES string of the molecule is CC1=C(C2(C)[C]([Zr+2])=C3C(C(C)(C)C)=C2[Si]3(C)C)CC(C(C)(C)C)=C1.[Cl-].[Cl-]. The van der Waals surface area contributed by atoms with E-state index in [4.69, 9.17) is 0 Å². The van der Waals surface area contributed by atoms with Crippen LogP contribution in [0.1, 0.15) is 61.8 Å². The van der Waals surface area contributed by atoms with E-state index < -0.39 is 8.07 Å². The number of halogens is 2. The topological polar surface area (TPSA) is 0 Å². The summed E-state index contributed by atoms with van der Waals surface area (Å²) in [5.41, 5.74) is 7.41. The van der Waals surface area contributed by atoms with Crippen molar-refractivity contribution in [2.75, 3.05) is 0 Å². The predicted octanol–water partition coefficient (Wildman–Crippen LogP) is 0.651. The number of hydrogen-bond acceptors (Lipinski definition) is 0. The molecule has 0 fully saturated rings. The Morgan fingerprint density at radius 2 is 1.50 bits per heavy atom. The summed E-state index contributed by atoms with van der Waals surface area (Å²) in [6.07, 6.45) is 3.68. The van der Waals surface area contributed by atoms with Gasteiger partial charge in [0.15, 0.2) is 0 Å². The van der Waals surface area contributed by atoms with Gasteiger partial charge in [-0.1, -0.05) is 0 Å². The van der Waals surface area contributed by atoms with Crippen molar-refractivity contribution in [2.45, 2.75) is 74.9 Å². The standard InChI is InChI=1S/C22H33Si.2ClH.Zr/c1-14-11-15(20(2,3)4)12-16(14)22(8)13-17-18(21(5,6)7)19(22)23(17,9)10;;;/h11H,12H2,1-10H3;2*1H;/q;;;+2/p-2. The molecule has 2 heterocycles. The van der Waals surface area contributed by atoms with Crippen LogP contribution < -0.4 is 24.8 Å². The molecule has 0 aromatic carbocycles. The average molecular weight is 488 g/mol. The van der Waals surface area contributed by atoms with E-state index in [9.17, 15) is 0 Å². The molecule has 1 atom stereocenters. The molecular formula is C22H33Cl2SiZr. The van der Waals surface area contributed by atoms with E-state index in [-0.39, 0.29) is 35.6 Å². The smallest absolute Gasteiger partial charge is 1.00 e. The molecule has 0 saturated carbocycles. The molecule has 4 aliphatic rings. The van der Waals surface area contributed by atoms with E-state index in [2.05, 4.69) is 74.6 Å². The third kappa shape index (κ3) is 3.10. The number of rotatable bonds is 1. The average Bonchev–Trinajstić information content (AvgIpc) is 2.91. The first kappa shape index (κ1) is 24.7. The van der Waals surface area contributed by atoms with Gasteiger partial charge in [-0.05, 0) is 0 Å². The number of hydrogen-bond donors (Lipinski definition) is 0. The van der Waals surface area contributed by atoms with E-state index in [0.717, 1.165) is 0 Å². The minimum Gasteiger partial charge on any atom is -1.00 e. The van der Waals surface area contributed by atoms with Crippen molar-refractivity contribution in [2.24, 2.45) is 16.2 Å². The zero-order valence-corrected chi connectivity index (χ0v) is 23.0. The Labute approximate surface area is 189 Å². The van der Waals surface area contributed by atoms with Crippen LogP contribution in [-0.4, -0.2) is 8.07 Å². The second-order valence-electron chi connectivity index (χ2n) is 10.8. The van der Waals surface area contributed by atoms with E-state index >= 15 is 0 Å². The molecule has 26 heavy (non-hydrogen) atoms. The van der Waals surface area contributed by atoms with Crippen LogP contribution >= 0.6 is 0 Å². The van der Waals surface area contributed by atoms with Crippen molar-refractivity contribution < 1.29 is 49.5 Å². The quantitative estimate of drug-likeness (QED) is 0.477. The maximum atomic E-state index is 2.59. The Kier molecular flexibility index (Phi) is 6.51. The molecule has 0 radical (unpaired) electrons. The van der Waals surface area contributed by atoms with E-state index in [0.29, 0.717) is 5.41 Å². The maximum absolute atomic E-state index is 2.59. The van der Waals surface area contributed by atoms with Crippen LogP contribution in [0.5, 0.6) is 0 Å². The fourth-order valence-electron chi connectivity index (χ4n) is 5.33. The van der Waals surface area contributed by atoms with E-state index in [1.165, 1.54) is 6.42 Å². The van der Waals surface area contributed by atoms with Crippen LogP contribution in [0, 0.1) is 16.2 Å². The summed E-state index contributed by atoms with van der Waals surface area (Å²) in [6.45, 7) is 24.4. The van der Waals surface area contributed by atoms with Gasteiger partial charge in [0.05, 0.1) is 0 Å². The molecule has 0 N–H and O–H groups in total. The van der Waals surface area contributed by atoms with E-state index in [1.54, 1.807) is 50.3 Å². The first-order valence-electron chi connectivity index (χ1n) is 9.28. The van der Waals surface area contributed by atoms with Gasteiger partial charge in [-0.2, -0.15) is 0 Å². The van der Waals surface area contributed by atoms with Gasteiger partial charge in [0.25, 0.3) is 0 Å². The summed E-state index contributed by atoms with van der Waals surface area (Å²) < 4.78 is 1.77. The van der Waals surface area contributed by atoms with Gasteiger partial charge in [-0.15, -0.1) is 0 Å². The van der Waals surface area contributed by atoms with Gasteiger partial charge in [-0.25, -0.2) is 0 Å². The van der Waals surface area contributed by atoms with Gasteiger partial charge in [0.2, 0.25) is 0 Å². The van der Waals surface area contributed by atoms with Crippen LogP contribution in [0.25, 0.3) is 0 Å². The molecule has 1 unspecified atom stereocenters. The summed E-state index contributed by atoms with van der Waals surface area (Å²) in [5, 5.41) is 3.69. The Bertz CT molecular complexity index is 767. The minimum atomic E-state index is -1.36. The molecule has 4 heteroatoms. The first-order chi connectivity index (χ1) is 10.6. The van der Waals surface area contributed by atoms with Crippen LogP contribution in [-0.2, 0) is 24.7 Å². The maximum Gasteiger partial charge on any atom is -1.00 e. The van der Waals surface area contributed by atoms with Crippen molar-refractivity contribution >= 4 is 8.07 Å². The van der Waals surface area contributed by atoms with Crippen molar-refractivity contribution in [3.05, 3.63) is 42.0 Å². The zero-order valence-electron chi connectivity index (χ0n) is 18.0. The third-order valence-electron chi connectivity index (χ3n) is 6.55. The first-order valence-corrected chi connectivity index (χ1v) is 13.5. The molecule has 0 aromatic rings. The summed E-state index contributed by atoms with van der Waals surface area (Å²) >= 11 is 1.64. The van der Waals surface area contributed by atoms with Crippen LogP contribution in [0.2, 0.25) is 13.1 Å². The Morgan fingerprint density at radius 1 is 1.00 bits per heavy atom. The summed E-state index contributed by atoms with van der Waals surface area (Å²) in [7, 11) is -1.36. The van der Waals surface area contributed by atoms with Crippen molar-refractivity contribution in [3.8, 4) is 0 Å². The van der Waals surface area contributed by atoms with Crippen LogP contribution in [0.4, 0.5) is 0 Å². The minimum absolute atomic E-state index is 0. The summed E-state index contributed by atoms with van der Waals surface area (Å²) in [6, 6.07) is 0. The molecule has 4 rings (SSSR count). The number of allylic oxidation sites excluding steroid dienone is 8. The Balaban J connectivity index is 0.00000169. The van der Waals surface area contributed by atoms with Crippen molar-refractivity contribution in [1.29, 1.82) is 0 Å². The van der Waals surface area contributed by atoms with E-state index in [1.807, 2.05) is 10.4 Å². The molecule has 143 valence electrons. The molecule has 0 aromatic heterocycles. The second-order valence-corrected chi connectivity index (χ2v) is 16.2. The zero-order chi connectivity index (χ0) is 18.5. The molecular weight excluding hydrogens is 454 g/mol. The number of fused-ring (bicyclic) bond motifs is 1. The molecule has 0 amide bonds. The van der Waals surface area contributed by atoms with Gasteiger partial charge in [0.1, 0.15) is 0 Å².